The number of amides is 1. The van der Waals surface area contributed by atoms with Crippen molar-refractivity contribution in [1.82, 2.24) is 0 Å². The largest absolute Gasteiger partial charge is 0.481 e. The summed E-state index contributed by atoms with van der Waals surface area (Å²) < 4.78 is 11.7. The van der Waals surface area contributed by atoms with E-state index in [0.29, 0.717) is 34.4 Å². The molecule has 3 aromatic rings. The summed E-state index contributed by atoms with van der Waals surface area (Å²) in [6.07, 6.45) is -0.105. The number of nitrogens with one attached hydrogen (secondary N) is 1. The van der Waals surface area contributed by atoms with E-state index in [1.807, 2.05) is 55.5 Å². The molecule has 0 aromatic heterocycles. The van der Waals surface area contributed by atoms with Gasteiger partial charge in [-0.15, -0.1) is 0 Å². The first-order valence-electron chi connectivity index (χ1n) is 8.70. The molecule has 0 saturated heterocycles. The lowest BCUT2D eigenvalue weighted by Crippen LogP contribution is -2.32. The zero-order valence-corrected chi connectivity index (χ0v) is 15.6. The third-order valence-corrected chi connectivity index (χ3v) is 4.12. The molecule has 1 amide bonds. The fourth-order valence-corrected chi connectivity index (χ4v) is 2.61. The number of rotatable bonds is 7. The van der Waals surface area contributed by atoms with Gasteiger partial charge in [-0.05, 0) is 55.0 Å². The highest BCUT2D eigenvalue weighted by molar-refractivity contribution is 6.30. The van der Waals surface area contributed by atoms with Crippen LogP contribution in [0.5, 0.6) is 17.2 Å². The molecule has 3 rings (SSSR count). The van der Waals surface area contributed by atoms with Crippen LogP contribution in [-0.4, -0.2) is 12.0 Å². The lowest BCUT2D eigenvalue weighted by atomic mass is 10.2. The van der Waals surface area contributed by atoms with E-state index in [1.165, 1.54) is 0 Å². The Labute approximate surface area is 163 Å². The summed E-state index contributed by atoms with van der Waals surface area (Å²) in [4.78, 5) is 12.7. The number of hydrogen-bond donors (Lipinski definition) is 1. The van der Waals surface area contributed by atoms with Gasteiger partial charge < -0.3 is 14.8 Å². The van der Waals surface area contributed by atoms with Crippen molar-refractivity contribution in [2.45, 2.75) is 19.4 Å². The van der Waals surface area contributed by atoms with E-state index in [4.69, 9.17) is 21.1 Å². The summed E-state index contributed by atoms with van der Waals surface area (Å²) in [6.45, 7) is 1.90. The van der Waals surface area contributed by atoms with Crippen LogP contribution in [-0.2, 0) is 4.79 Å². The van der Waals surface area contributed by atoms with Crippen molar-refractivity contribution in [2.75, 3.05) is 5.32 Å². The van der Waals surface area contributed by atoms with Gasteiger partial charge in [0.05, 0.1) is 5.69 Å². The minimum Gasteiger partial charge on any atom is -0.481 e. The summed E-state index contributed by atoms with van der Waals surface area (Å²) in [5.74, 6) is 1.62. The van der Waals surface area contributed by atoms with E-state index in [-0.39, 0.29) is 5.91 Å². The van der Waals surface area contributed by atoms with E-state index in [1.54, 1.807) is 30.3 Å². The Morgan fingerprint density at radius 1 is 0.926 bits per heavy atom. The molecule has 0 aliphatic carbocycles. The van der Waals surface area contributed by atoms with Gasteiger partial charge in [0.1, 0.15) is 11.5 Å². The molecule has 3 aromatic carbocycles. The number of benzene rings is 3. The average Bonchev–Trinajstić information content (AvgIpc) is 2.70. The third kappa shape index (κ3) is 5.25. The van der Waals surface area contributed by atoms with Crippen molar-refractivity contribution in [3.63, 3.8) is 0 Å². The summed E-state index contributed by atoms with van der Waals surface area (Å²) in [5.41, 5.74) is 0.588. The smallest absolute Gasteiger partial charge is 0.265 e. The molecule has 0 spiro atoms. The summed E-state index contributed by atoms with van der Waals surface area (Å²) in [6, 6.07) is 23.7. The molecule has 0 aliphatic heterocycles. The standard InChI is InChI=1S/C22H20ClNO3/c1-2-20(26-18-14-12-16(23)13-15-18)22(25)24-19-10-6-7-11-21(19)27-17-8-4-3-5-9-17/h3-15,20H,2H2,1H3,(H,24,25)/t20-/m1/s1. The second-order valence-corrected chi connectivity index (χ2v) is 6.31. The Hall–Kier alpha value is -2.98. The lowest BCUT2D eigenvalue weighted by Gasteiger charge is -2.18. The van der Waals surface area contributed by atoms with Gasteiger partial charge in [-0.1, -0.05) is 48.9 Å². The Kier molecular flexibility index (Phi) is 6.34. The number of ether oxygens (including phenoxy) is 2. The van der Waals surface area contributed by atoms with Crippen molar-refractivity contribution >= 4 is 23.2 Å². The number of para-hydroxylation sites is 3. The first-order valence-corrected chi connectivity index (χ1v) is 9.08. The van der Waals surface area contributed by atoms with Gasteiger partial charge >= 0.3 is 0 Å². The molecule has 138 valence electrons. The SMILES string of the molecule is CC[C@@H](Oc1ccc(Cl)cc1)C(=O)Nc1ccccc1Oc1ccccc1. The molecule has 0 fully saturated rings. The Bertz CT molecular complexity index is 882. The van der Waals surface area contributed by atoms with Crippen LogP contribution in [0.15, 0.2) is 78.9 Å². The Balaban J connectivity index is 1.71. The topological polar surface area (TPSA) is 47.6 Å². The molecular formula is C22H20ClNO3. The van der Waals surface area contributed by atoms with Crippen LogP contribution in [0.1, 0.15) is 13.3 Å². The Morgan fingerprint density at radius 3 is 2.30 bits per heavy atom. The van der Waals surface area contributed by atoms with Crippen LogP contribution in [0.4, 0.5) is 5.69 Å². The van der Waals surface area contributed by atoms with Crippen LogP contribution in [0.25, 0.3) is 0 Å². The van der Waals surface area contributed by atoms with Crippen LogP contribution in [0, 0.1) is 0 Å². The van der Waals surface area contributed by atoms with Crippen LogP contribution >= 0.6 is 11.6 Å². The molecule has 0 unspecified atom stereocenters. The number of halogens is 1. The first kappa shape index (κ1) is 18.8. The average molecular weight is 382 g/mol. The van der Waals surface area contributed by atoms with E-state index in [0.717, 1.165) is 0 Å². The van der Waals surface area contributed by atoms with Crippen molar-refractivity contribution in [1.29, 1.82) is 0 Å². The third-order valence-electron chi connectivity index (χ3n) is 3.87. The summed E-state index contributed by atoms with van der Waals surface area (Å²) in [7, 11) is 0. The Morgan fingerprint density at radius 2 is 1.59 bits per heavy atom. The maximum Gasteiger partial charge on any atom is 0.265 e. The second-order valence-electron chi connectivity index (χ2n) is 5.87. The van der Waals surface area contributed by atoms with Gasteiger partial charge in [-0.3, -0.25) is 4.79 Å². The van der Waals surface area contributed by atoms with Crippen molar-refractivity contribution in [2.24, 2.45) is 0 Å². The fourth-order valence-electron chi connectivity index (χ4n) is 2.49. The number of anilines is 1. The zero-order valence-electron chi connectivity index (χ0n) is 14.9. The van der Waals surface area contributed by atoms with E-state index in [2.05, 4.69) is 5.32 Å². The molecule has 0 radical (unpaired) electrons. The number of carbonyl (C=O) groups excluding carboxylic acids is 1. The molecule has 1 atom stereocenters. The van der Waals surface area contributed by atoms with E-state index < -0.39 is 6.10 Å². The highest BCUT2D eigenvalue weighted by Crippen LogP contribution is 2.29. The highest BCUT2D eigenvalue weighted by atomic mass is 35.5. The van der Waals surface area contributed by atoms with Gasteiger partial charge in [-0.25, -0.2) is 0 Å². The molecule has 0 heterocycles. The number of hydrogen-bond acceptors (Lipinski definition) is 3. The van der Waals surface area contributed by atoms with Crippen LogP contribution in [0.2, 0.25) is 5.02 Å². The van der Waals surface area contributed by atoms with Gasteiger partial charge in [0.15, 0.2) is 11.9 Å². The van der Waals surface area contributed by atoms with Gasteiger partial charge in [0, 0.05) is 5.02 Å². The van der Waals surface area contributed by atoms with Crippen LogP contribution in [0.3, 0.4) is 0 Å². The summed E-state index contributed by atoms with van der Waals surface area (Å²) in [5, 5.41) is 3.52. The monoisotopic (exact) mass is 381 g/mol. The maximum atomic E-state index is 12.7. The predicted octanol–water partition coefficient (Wildman–Crippen LogP) is 5.93. The fraction of sp³-hybridized carbons (Fsp3) is 0.136. The molecule has 0 bridgehead atoms. The summed E-state index contributed by atoms with van der Waals surface area (Å²) >= 11 is 5.89. The molecule has 0 saturated carbocycles. The minimum atomic E-state index is -0.629. The van der Waals surface area contributed by atoms with Gasteiger partial charge in [-0.2, -0.15) is 0 Å². The molecule has 1 N–H and O–H groups in total. The van der Waals surface area contributed by atoms with Crippen molar-refractivity contribution in [3.05, 3.63) is 83.9 Å². The molecule has 5 heteroatoms. The lowest BCUT2D eigenvalue weighted by molar-refractivity contribution is -0.122. The molecule has 0 aliphatic rings. The van der Waals surface area contributed by atoms with Gasteiger partial charge in [0.2, 0.25) is 0 Å². The minimum absolute atomic E-state index is 0.239. The quantitative estimate of drug-likeness (QED) is 0.551. The first-order chi connectivity index (χ1) is 13.2. The molecular weight excluding hydrogens is 362 g/mol. The molecule has 27 heavy (non-hydrogen) atoms. The second kappa shape index (κ2) is 9.10. The molecule has 4 nitrogen and oxygen atoms in total. The van der Waals surface area contributed by atoms with E-state index in [9.17, 15) is 4.79 Å². The maximum absolute atomic E-state index is 12.7. The predicted molar refractivity (Wildman–Crippen MR) is 108 cm³/mol. The van der Waals surface area contributed by atoms with Crippen molar-refractivity contribution in [3.8, 4) is 17.2 Å². The van der Waals surface area contributed by atoms with Crippen molar-refractivity contribution < 1.29 is 14.3 Å². The number of carbonyl (C=O) groups is 1. The van der Waals surface area contributed by atoms with Crippen LogP contribution < -0.4 is 14.8 Å². The highest BCUT2D eigenvalue weighted by Gasteiger charge is 2.20. The van der Waals surface area contributed by atoms with Gasteiger partial charge in [0.25, 0.3) is 5.91 Å². The van der Waals surface area contributed by atoms with E-state index >= 15 is 0 Å². The zero-order chi connectivity index (χ0) is 19.1. The normalized spacial score (nSPS) is 11.5.